The second kappa shape index (κ2) is 15.4. The minimum atomic E-state index is -1.18. The summed E-state index contributed by atoms with van der Waals surface area (Å²) in [6.45, 7) is 7.74. The summed E-state index contributed by atoms with van der Waals surface area (Å²) >= 11 is 0. The number of pyridine rings is 1. The van der Waals surface area contributed by atoms with E-state index in [4.69, 9.17) is 4.43 Å². The third-order valence-corrected chi connectivity index (χ3v) is 8.96. The molecule has 0 aliphatic carbocycles. The Morgan fingerprint density at radius 2 is 1.32 bits per heavy atom. The topological polar surface area (TPSA) is 39.2 Å². The van der Waals surface area contributed by atoms with Crippen molar-refractivity contribution in [3.8, 4) is 0 Å². The molecule has 0 fully saturated rings. The van der Waals surface area contributed by atoms with E-state index in [1.165, 1.54) is 48.9 Å². The van der Waals surface area contributed by atoms with Gasteiger partial charge in [-0.3, -0.25) is 4.79 Å². The van der Waals surface area contributed by atoms with E-state index < -0.39 is 9.04 Å². The summed E-state index contributed by atoms with van der Waals surface area (Å²) < 4.78 is 6.46. The zero-order chi connectivity index (χ0) is 26.3. The number of allylic oxidation sites excluding steroid dienone is 1. The highest BCUT2D eigenvalue weighted by molar-refractivity contribution is 6.80. The monoisotopic (exact) mass is 512 g/mol. The summed E-state index contributed by atoms with van der Waals surface area (Å²) in [4.78, 5) is 15.4. The normalized spacial score (nSPS) is 12.8. The molecule has 37 heavy (non-hydrogen) atoms. The van der Waals surface area contributed by atoms with Crippen molar-refractivity contribution < 1.29 is 9.22 Å². The van der Waals surface area contributed by atoms with Crippen molar-refractivity contribution in [3.63, 3.8) is 0 Å². The fraction of sp³-hybridized carbons (Fsp3) is 0.394. The Morgan fingerprint density at radius 1 is 0.757 bits per heavy atom. The van der Waals surface area contributed by atoms with E-state index in [1.807, 2.05) is 12.1 Å². The lowest BCUT2D eigenvalue weighted by Crippen LogP contribution is -2.45. The average Bonchev–Trinajstić information content (AvgIpc) is 2.91. The molecule has 195 valence electrons. The molecule has 3 nitrogen and oxygen atoms in total. The first kappa shape index (κ1) is 28.7. The zero-order valence-corrected chi connectivity index (χ0v) is 23.7. The van der Waals surface area contributed by atoms with Crippen molar-refractivity contribution in [2.24, 2.45) is 11.3 Å². The molecule has 0 saturated carbocycles. The van der Waals surface area contributed by atoms with Gasteiger partial charge in [-0.1, -0.05) is 126 Å². The van der Waals surface area contributed by atoms with Gasteiger partial charge >= 0.3 is 0 Å². The highest BCUT2D eigenvalue weighted by Crippen LogP contribution is 2.32. The lowest BCUT2D eigenvalue weighted by molar-refractivity contribution is 0.111. The average molecular weight is 513 g/mol. The van der Waals surface area contributed by atoms with Crippen LogP contribution >= 0.6 is 0 Å². The standard InChI is InChI=1S/C33H42NO2Si/c1-33(2,3)28(24-25-29-18-16-19-30(27-35)34-29)17-10-6-4-5-7-15-26-36-37(31-20-11-8-12-21-31)32-22-13-9-14-23-32/h8-9,11-14,16,18-25,27-28H,4-7,10,15,17,26H2,1-3H3. The van der Waals surface area contributed by atoms with Crippen molar-refractivity contribution >= 4 is 31.8 Å². The molecule has 0 N–H and O–H groups in total. The summed E-state index contributed by atoms with van der Waals surface area (Å²) in [6.07, 6.45) is 13.7. The number of nitrogens with zero attached hydrogens (tertiary/aromatic N) is 1. The van der Waals surface area contributed by atoms with E-state index in [1.54, 1.807) is 6.07 Å². The first-order valence-corrected chi connectivity index (χ1v) is 15.1. The number of carbonyl (C=O) groups is 1. The van der Waals surface area contributed by atoms with E-state index >= 15 is 0 Å². The molecule has 0 saturated heterocycles. The maximum absolute atomic E-state index is 11.0. The van der Waals surface area contributed by atoms with Crippen LogP contribution in [0.2, 0.25) is 0 Å². The number of unbranched alkanes of at least 4 members (excludes halogenated alkanes) is 5. The number of aromatic nitrogens is 1. The second-order valence-corrected chi connectivity index (χ2v) is 12.9. The fourth-order valence-electron chi connectivity index (χ4n) is 4.52. The number of carbonyl (C=O) groups excluding carboxylic acids is 1. The Balaban J connectivity index is 1.36. The Bertz CT molecular complexity index is 1040. The van der Waals surface area contributed by atoms with E-state index in [0.717, 1.165) is 25.0 Å². The van der Waals surface area contributed by atoms with Crippen LogP contribution in [0.5, 0.6) is 0 Å². The van der Waals surface area contributed by atoms with Crippen molar-refractivity contribution in [3.05, 3.63) is 96.3 Å². The zero-order valence-electron chi connectivity index (χ0n) is 22.7. The number of aldehydes is 1. The third kappa shape index (κ3) is 10.2. The first-order valence-electron chi connectivity index (χ1n) is 13.7. The number of rotatable bonds is 15. The quantitative estimate of drug-likeness (QED) is 0.124. The van der Waals surface area contributed by atoms with Gasteiger partial charge < -0.3 is 4.43 Å². The van der Waals surface area contributed by atoms with Gasteiger partial charge in [-0.15, -0.1) is 0 Å². The number of hydrogen-bond acceptors (Lipinski definition) is 3. The molecular weight excluding hydrogens is 470 g/mol. The minimum Gasteiger partial charge on any atom is -0.407 e. The van der Waals surface area contributed by atoms with Gasteiger partial charge in [0.2, 0.25) is 0 Å². The van der Waals surface area contributed by atoms with E-state index in [9.17, 15) is 4.79 Å². The second-order valence-electron chi connectivity index (χ2n) is 10.8. The molecule has 0 aliphatic rings. The van der Waals surface area contributed by atoms with Gasteiger partial charge in [-0.2, -0.15) is 0 Å². The van der Waals surface area contributed by atoms with Gasteiger partial charge in [0.15, 0.2) is 6.29 Å². The molecule has 0 spiro atoms. The lowest BCUT2D eigenvalue weighted by Gasteiger charge is -2.28. The molecule has 0 bridgehead atoms. The SMILES string of the molecule is CC(C)(C)C(C=Cc1cccc(C=O)n1)CCCCCCCCO[Si](c1ccccc1)c1ccccc1. The van der Waals surface area contributed by atoms with Gasteiger partial charge in [0.05, 0.1) is 5.69 Å². The molecule has 1 radical (unpaired) electrons. The van der Waals surface area contributed by atoms with Crippen LogP contribution in [0.3, 0.4) is 0 Å². The van der Waals surface area contributed by atoms with Crippen LogP contribution in [0.15, 0.2) is 84.9 Å². The van der Waals surface area contributed by atoms with Crippen molar-refractivity contribution in [1.82, 2.24) is 4.98 Å². The van der Waals surface area contributed by atoms with Crippen LogP contribution in [0.1, 0.15) is 81.9 Å². The Kier molecular flexibility index (Phi) is 12.0. The van der Waals surface area contributed by atoms with Crippen LogP contribution in [0.25, 0.3) is 6.08 Å². The van der Waals surface area contributed by atoms with Crippen molar-refractivity contribution in [2.75, 3.05) is 6.61 Å². The highest BCUT2D eigenvalue weighted by Gasteiger charge is 2.21. The van der Waals surface area contributed by atoms with Gasteiger partial charge in [0.1, 0.15) is 5.69 Å². The predicted octanol–water partition coefficient (Wildman–Crippen LogP) is 7.12. The van der Waals surface area contributed by atoms with Crippen LogP contribution in [0.4, 0.5) is 0 Å². The maximum atomic E-state index is 11.0. The smallest absolute Gasteiger partial charge is 0.282 e. The minimum absolute atomic E-state index is 0.201. The Labute approximate surface area is 225 Å². The summed E-state index contributed by atoms with van der Waals surface area (Å²) in [5.74, 6) is 0.485. The first-order chi connectivity index (χ1) is 18.0. The van der Waals surface area contributed by atoms with Crippen molar-refractivity contribution in [2.45, 2.75) is 65.7 Å². The molecule has 0 amide bonds. The number of benzene rings is 2. The maximum Gasteiger partial charge on any atom is 0.282 e. The van der Waals surface area contributed by atoms with Crippen LogP contribution in [0, 0.1) is 11.3 Å². The Hall–Kier alpha value is -2.82. The van der Waals surface area contributed by atoms with Crippen LogP contribution in [-0.2, 0) is 4.43 Å². The Morgan fingerprint density at radius 3 is 1.92 bits per heavy atom. The van der Waals surface area contributed by atoms with Gasteiger partial charge in [-0.05, 0) is 52.8 Å². The third-order valence-electron chi connectivity index (χ3n) is 6.75. The predicted molar refractivity (Wildman–Crippen MR) is 158 cm³/mol. The molecule has 4 heteroatoms. The number of hydrogen-bond donors (Lipinski definition) is 0. The van der Waals surface area contributed by atoms with E-state index in [-0.39, 0.29) is 5.41 Å². The van der Waals surface area contributed by atoms with Crippen LogP contribution < -0.4 is 10.4 Å². The summed E-state index contributed by atoms with van der Waals surface area (Å²) in [7, 11) is -1.18. The lowest BCUT2D eigenvalue weighted by atomic mass is 9.77. The van der Waals surface area contributed by atoms with Crippen molar-refractivity contribution in [1.29, 1.82) is 0 Å². The molecular formula is C33H42NO2Si. The molecule has 1 unspecified atom stereocenters. The van der Waals surface area contributed by atoms with E-state index in [2.05, 4.69) is 98.6 Å². The summed E-state index contributed by atoms with van der Waals surface area (Å²) in [5, 5.41) is 2.63. The molecule has 0 aliphatic heterocycles. The van der Waals surface area contributed by atoms with Crippen LogP contribution in [-0.4, -0.2) is 26.9 Å². The molecule has 1 heterocycles. The molecule has 2 aromatic carbocycles. The molecule has 1 aromatic heterocycles. The fourth-order valence-corrected chi connectivity index (χ4v) is 6.53. The summed E-state index contributed by atoms with van der Waals surface area (Å²) in [5.41, 5.74) is 1.54. The molecule has 3 rings (SSSR count). The molecule has 1 atom stereocenters. The molecule has 3 aromatic rings. The largest absolute Gasteiger partial charge is 0.407 e. The summed E-state index contributed by atoms with van der Waals surface area (Å²) in [6, 6.07) is 26.9. The van der Waals surface area contributed by atoms with E-state index in [0.29, 0.717) is 11.6 Å². The highest BCUT2D eigenvalue weighted by atomic mass is 28.3. The van der Waals surface area contributed by atoms with Gasteiger partial charge in [-0.25, -0.2) is 4.98 Å². The van der Waals surface area contributed by atoms with Gasteiger partial charge in [0, 0.05) is 6.61 Å². The van der Waals surface area contributed by atoms with Gasteiger partial charge in [0.25, 0.3) is 9.04 Å².